The number of hydrogen-bond donors (Lipinski definition) is 5. The standard InChI is InChI=1S/C27H21Cl3N10O2/c1-31-23-21-19(33-26(29)35-23)17(37-39-21)8-12-3-2-4-13(5-12)11-32-24-22-20(34-27(30)36-24)18(38-40-22)9-14-6-15(25(41)42)10-16(28)7-14/h2-7,10H,8-9,11H2,1H3,(H,37,39)(H,38,40)(H,41,42)(H,31,33,35)(H,32,34,36). The van der Waals surface area contributed by atoms with Gasteiger partial charge in [0, 0.05) is 31.5 Å². The van der Waals surface area contributed by atoms with Gasteiger partial charge in [0.15, 0.2) is 22.7 Å². The zero-order valence-electron chi connectivity index (χ0n) is 21.8. The molecule has 0 amide bonds. The van der Waals surface area contributed by atoms with E-state index < -0.39 is 5.97 Å². The Labute approximate surface area is 252 Å². The molecule has 6 rings (SSSR count). The third kappa shape index (κ3) is 5.64. The summed E-state index contributed by atoms with van der Waals surface area (Å²) in [5.74, 6) is -0.0477. The Morgan fingerprint density at radius 1 is 0.786 bits per heavy atom. The van der Waals surface area contributed by atoms with Crippen molar-refractivity contribution in [2.75, 3.05) is 17.7 Å². The Morgan fingerprint density at radius 2 is 1.40 bits per heavy atom. The first-order chi connectivity index (χ1) is 20.3. The second-order valence-electron chi connectivity index (χ2n) is 9.41. The summed E-state index contributed by atoms with van der Waals surface area (Å²) in [7, 11) is 1.75. The number of aromatic carboxylic acids is 1. The maximum Gasteiger partial charge on any atom is 0.335 e. The molecule has 0 spiro atoms. The van der Waals surface area contributed by atoms with E-state index in [1.165, 1.54) is 6.07 Å². The minimum Gasteiger partial charge on any atom is -0.478 e. The van der Waals surface area contributed by atoms with E-state index >= 15 is 0 Å². The summed E-state index contributed by atoms with van der Waals surface area (Å²) in [6.07, 6.45) is 0.876. The van der Waals surface area contributed by atoms with Gasteiger partial charge in [-0.3, -0.25) is 10.2 Å². The van der Waals surface area contributed by atoms with Gasteiger partial charge in [-0.05, 0) is 58.1 Å². The Bertz CT molecular complexity index is 1970. The SMILES string of the molecule is CNc1nc(Cl)nc2c(Cc3cccc(CNc4nc(Cl)nc5c(Cc6cc(Cl)cc(C(=O)O)c6)[nH]nc45)c3)[nH]nc12. The number of rotatable bonds is 9. The van der Waals surface area contributed by atoms with Gasteiger partial charge in [0.25, 0.3) is 0 Å². The Kier molecular flexibility index (Phi) is 7.50. The lowest BCUT2D eigenvalue weighted by Crippen LogP contribution is -2.04. The van der Waals surface area contributed by atoms with E-state index in [9.17, 15) is 9.90 Å². The van der Waals surface area contributed by atoms with Gasteiger partial charge < -0.3 is 15.7 Å². The Balaban J connectivity index is 1.22. The van der Waals surface area contributed by atoms with Crippen LogP contribution < -0.4 is 10.6 Å². The normalized spacial score (nSPS) is 11.3. The number of halogens is 3. The van der Waals surface area contributed by atoms with Gasteiger partial charge in [-0.2, -0.15) is 20.2 Å². The average molecular weight is 624 g/mol. The quantitative estimate of drug-likeness (QED) is 0.129. The lowest BCUT2D eigenvalue weighted by atomic mass is 10.1. The summed E-state index contributed by atoms with van der Waals surface area (Å²) in [6, 6.07) is 12.7. The molecule has 0 saturated carbocycles. The van der Waals surface area contributed by atoms with E-state index in [2.05, 4.69) is 57.0 Å². The molecular formula is C27H21Cl3N10O2. The maximum absolute atomic E-state index is 11.4. The molecule has 0 aliphatic rings. The van der Waals surface area contributed by atoms with Crippen LogP contribution in [0.3, 0.4) is 0 Å². The van der Waals surface area contributed by atoms with Crippen molar-refractivity contribution in [3.8, 4) is 0 Å². The molecule has 6 aromatic rings. The van der Waals surface area contributed by atoms with E-state index in [1.807, 2.05) is 18.2 Å². The Hall–Kier alpha value is -4.52. The predicted molar refractivity (Wildman–Crippen MR) is 161 cm³/mol. The van der Waals surface area contributed by atoms with Crippen molar-refractivity contribution >= 4 is 74.5 Å². The number of benzene rings is 2. The minimum atomic E-state index is -1.06. The van der Waals surface area contributed by atoms with E-state index in [0.717, 1.165) is 16.8 Å². The monoisotopic (exact) mass is 622 g/mol. The molecule has 0 aliphatic heterocycles. The van der Waals surface area contributed by atoms with Crippen LogP contribution in [0.4, 0.5) is 11.6 Å². The number of aromatic amines is 2. The molecule has 0 fully saturated rings. The number of nitrogens with zero attached hydrogens (tertiary/aromatic N) is 6. The van der Waals surface area contributed by atoms with Gasteiger partial charge in [0.05, 0.1) is 17.0 Å². The number of anilines is 2. The molecule has 0 saturated heterocycles. The smallest absolute Gasteiger partial charge is 0.335 e. The van der Waals surface area contributed by atoms with Crippen LogP contribution in [0.1, 0.15) is 38.4 Å². The van der Waals surface area contributed by atoms with Crippen LogP contribution in [-0.2, 0) is 19.4 Å². The number of carboxylic acid groups (broad SMARTS) is 1. The van der Waals surface area contributed by atoms with E-state index in [0.29, 0.717) is 69.4 Å². The topological polar surface area (TPSA) is 170 Å². The second kappa shape index (κ2) is 11.4. The summed E-state index contributed by atoms with van der Waals surface area (Å²) in [5, 5.41) is 31.0. The second-order valence-corrected chi connectivity index (χ2v) is 10.5. The zero-order valence-corrected chi connectivity index (χ0v) is 24.1. The highest BCUT2D eigenvalue weighted by atomic mass is 35.5. The van der Waals surface area contributed by atoms with Gasteiger partial charge >= 0.3 is 5.97 Å². The number of aromatic nitrogens is 8. The van der Waals surface area contributed by atoms with Crippen molar-refractivity contribution in [2.45, 2.75) is 19.4 Å². The highest BCUT2D eigenvalue weighted by Crippen LogP contribution is 2.27. The summed E-state index contributed by atoms with van der Waals surface area (Å²) in [5.41, 5.74) is 6.60. The van der Waals surface area contributed by atoms with Gasteiger partial charge in [-0.1, -0.05) is 35.9 Å². The highest BCUT2D eigenvalue weighted by molar-refractivity contribution is 6.31. The number of fused-ring (bicyclic) bond motifs is 2. The van der Waals surface area contributed by atoms with E-state index in [-0.39, 0.29) is 16.1 Å². The molecule has 0 atom stereocenters. The van der Waals surface area contributed by atoms with Gasteiger partial charge in [0.2, 0.25) is 10.6 Å². The van der Waals surface area contributed by atoms with Crippen molar-refractivity contribution in [3.63, 3.8) is 0 Å². The highest BCUT2D eigenvalue weighted by Gasteiger charge is 2.17. The number of H-pyrrole nitrogens is 2. The minimum absolute atomic E-state index is 0.0476. The predicted octanol–water partition coefficient (Wildman–Crippen LogP) is 5.51. The summed E-state index contributed by atoms with van der Waals surface area (Å²) in [4.78, 5) is 28.7. The lowest BCUT2D eigenvalue weighted by Gasteiger charge is -2.09. The molecule has 5 N–H and O–H groups in total. The molecular weight excluding hydrogens is 603 g/mol. The molecule has 0 unspecified atom stereocenters. The summed E-state index contributed by atoms with van der Waals surface area (Å²) < 4.78 is 0. The van der Waals surface area contributed by atoms with Crippen LogP contribution in [0.2, 0.25) is 15.6 Å². The molecule has 4 heterocycles. The first-order valence-electron chi connectivity index (χ1n) is 12.6. The van der Waals surface area contributed by atoms with Crippen molar-refractivity contribution < 1.29 is 9.90 Å². The van der Waals surface area contributed by atoms with E-state index in [4.69, 9.17) is 34.8 Å². The van der Waals surface area contributed by atoms with Crippen LogP contribution in [0.25, 0.3) is 22.1 Å². The number of carboxylic acids is 1. The first kappa shape index (κ1) is 27.6. The van der Waals surface area contributed by atoms with Crippen LogP contribution in [0, 0.1) is 0 Å². The van der Waals surface area contributed by atoms with Crippen LogP contribution in [0.15, 0.2) is 42.5 Å². The number of nitrogens with one attached hydrogen (secondary N) is 4. The first-order valence-corrected chi connectivity index (χ1v) is 13.7. The van der Waals surface area contributed by atoms with Gasteiger partial charge in [-0.25, -0.2) is 14.8 Å². The van der Waals surface area contributed by atoms with Crippen LogP contribution in [-0.4, -0.2) is 58.5 Å². The zero-order chi connectivity index (χ0) is 29.4. The molecule has 12 nitrogen and oxygen atoms in total. The summed E-state index contributed by atoms with van der Waals surface area (Å²) >= 11 is 18.5. The number of carbonyl (C=O) groups is 1. The maximum atomic E-state index is 11.4. The fourth-order valence-corrected chi connectivity index (χ4v) is 5.30. The van der Waals surface area contributed by atoms with Crippen molar-refractivity contribution in [2.24, 2.45) is 0 Å². The third-order valence-corrected chi connectivity index (χ3v) is 7.10. The largest absolute Gasteiger partial charge is 0.478 e. The van der Waals surface area contributed by atoms with E-state index in [1.54, 1.807) is 19.2 Å². The molecule has 0 bridgehead atoms. The van der Waals surface area contributed by atoms with Crippen molar-refractivity contribution in [1.29, 1.82) is 0 Å². The Morgan fingerprint density at radius 3 is 2.07 bits per heavy atom. The lowest BCUT2D eigenvalue weighted by molar-refractivity contribution is 0.0696. The third-order valence-electron chi connectivity index (χ3n) is 6.54. The fourth-order valence-electron chi connectivity index (χ4n) is 4.70. The van der Waals surface area contributed by atoms with Gasteiger partial charge in [-0.15, -0.1) is 0 Å². The van der Waals surface area contributed by atoms with Crippen molar-refractivity contribution in [3.05, 3.63) is 91.7 Å². The van der Waals surface area contributed by atoms with Gasteiger partial charge in [0.1, 0.15) is 11.0 Å². The van der Waals surface area contributed by atoms with Crippen molar-refractivity contribution in [1.82, 2.24) is 40.3 Å². The molecule has 0 aliphatic carbocycles. The fraction of sp³-hybridized carbons (Fsp3) is 0.148. The van der Waals surface area contributed by atoms with Crippen LogP contribution in [0.5, 0.6) is 0 Å². The molecule has 15 heteroatoms. The molecule has 2 aromatic carbocycles. The molecule has 42 heavy (non-hydrogen) atoms. The summed E-state index contributed by atoms with van der Waals surface area (Å²) in [6.45, 7) is 0.441. The van der Waals surface area contributed by atoms with Crippen LogP contribution >= 0.6 is 34.8 Å². The molecule has 0 radical (unpaired) electrons. The average Bonchev–Trinajstić information content (AvgIpc) is 3.55. The molecule has 212 valence electrons. The molecule has 4 aromatic heterocycles. The number of hydrogen-bond acceptors (Lipinski definition) is 9.